The highest BCUT2D eigenvalue weighted by Crippen LogP contribution is 2.20. The van der Waals surface area contributed by atoms with Gasteiger partial charge in [-0.05, 0) is 20.8 Å². The lowest BCUT2D eigenvalue weighted by atomic mass is 10.1. The molecular weight excluding hydrogens is 324 g/mol. The number of carbonyl (C=O) groups is 1. The van der Waals surface area contributed by atoms with E-state index in [2.05, 4.69) is 0 Å². The van der Waals surface area contributed by atoms with Crippen LogP contribution >= 0.6 is 0 Å². The highest BCUT2D eigenvalue weighted by Gasteiger charge is 2.27. The molecule has 0 spiro atoms. The molecule has 0 aliphatic carbocycles. The largest absolute Gasteiger partial charge is 0.458 e. The first-order valence-corrected chi connectivity index (χ1v) is 8.71. The van der Waals surface area contributed by atoms with Crippen molar-refractivity contribution >= 4 is 15.8 Å². The molecular formula is C15H22O7S. The minimum absolute atomic E-state index is 0.179. The number of hydrogen-bond donors (Lipinski definition) is 1. The number of carbonyl (C=O) groups excluding carboxylic acids is 1. The Bertz CT molecular complexity index is 641. The summed E-state index contributed by atoms with van der Waals surface area (Å²) in [7, 11) is -2.05. The van der Waals surface area contributed by atoms with Crippen molar-refractivity contribution in [3.8, 4) is 0 Å². The second kappa shape index (κ2) is 7.29. The fraction of sp³-hybridized carbons (Fsp3) is 0.533. The molecule has 1 aliphatic heterocycles. The van der Waals surface area contributed by atoms with Crippen LogP contribution in [0.4, 0.5) is 0 Å². The van der Waals surface area contributed by atoms with E-state index in [9.17, 15) is 18.3 Å². The number of cyclic esters (lactones) is 1. The molecule has 0 saturated carbocycles. The van der Waals surface area contributed by atoms with Crippen molar-refractivity contribution in [1.82, 2.24) is 0 Å². The van der Waals surface area contributed by atoms with Gasteiger partial charge in [-0.15, -0.1) is 0 Å². The second-order valence-electron chi connectivity index (χ2n) is 5.67. The minimum Gasteiger partial charge on any atom is -0.458 e. The van der Waals surface area contributed by atoms with Gasteiger partial charge in [0.1, 0.15) is 0 Å². The number of rotatable bonds is 7. The predicted octanol–water partition coefficient (Wildman–Crippen LogP) is 1.06. The van der Waals surface area contributed by atoms with Gasteiger partial charge in [0.15, 0.2) is 16.1 Å². The highest BCUT2D eigenvalue weighted by molar-refractivity contribution is 7.92. The SMILES string of the molecule is COC(O)C(/C=C/C(C)(C)S(C)(=O)=O)=C/OC1C=C(C)C(=O)O1. The van der Waals surface area contributed by atoms with Crippen LogP contribution in [-0.2, 0) is 28.8 Å². The molecule has 2 atom stereocenters. The summed E-state index contributed by atoms with van der Waals surface area (Å²) < 4.78 is 37.2. The van der Waals surface area contributed by atoms with E-state index < -0.39 is 33.1 Å². The molecule has 8 heteroatoms. The normalized spacial score (nSPS) is 21.3. The van der Waals surface area contributed by atoms with Gasteiger partial charge in [0, 0.05) is 30.6 Å². The fourth-order valence-corrected chi connectivity index (χ4v) is 1.77. The number of aliphatic hydroxyl groups is 1. The summed E-state index contributed by atoms with van der Waals surface area (Å²) in [5.41, 5.74) is 0.601. The molecule has 1 aliphatic rings. The van der Waals surface area contributed by atoms with Gasteiger partial charge in [0.05, 0.1) is 11.0 Å². The molecule has 1 N–H and O–H groups in total. The Morgan fingerprint density at radius 2 is 2.09 bits per heavy atom. The third-order valence-corrected chi connectivity index (χ3v) is 5.46. The van der Waals surface area contributed by atoms with Crippen LogP contribution in [0.1, 0.15) is 20.8 Å². The Hall–Kier alpha value is -1.64. The quantitative estimate of drug-likeness (QED) is 0.318. The summed E-state index contributed by atoms with van der Waals surface area (Å²) in [5, 5.41) is 9.80. The molecule has 2 unspecified atom stereocenters. The molecule has 0 amide bonds. The Balaban J connectivity index is 2.94. The molecule has 0 aromatic heterocycles. The van der Waals surface area contributed by atoms with E-state index in [4.69, 9.17) is 14.2 Å². The van der Waals surface area contributed by atoms with Gasteiger partial charge in [-0.25, -0.2) is 13.2 Å². The molecule has 23 heavy (non-hydrogen) atoms. The lowest BCUT2D eigenvalue weighted by Crippen LogP contribution is -2.28. The van der Waals surface area contributed by atoms with Gasteiger partial charge >= 0.3 is 5.97 Å². The number of methoxy groups -OCH3 is 1. The van der Waals surface area contributed by atoms with E-state index in [0.29, 0.717) is 5.57 Å². The Morgan fingerprint density at radius 3 is 2.52 bits per heavy atom. The van der Waals surface area contributed by atoms with Crippen molar-refractivity contribution in [2.24, 2.45) is 0 Å². The smallest absolute Gasteiger partial charge is 0.336 e. The van der Waals surface area contributed by atoms with Crippen LogP contribution in [0.25, 0.3) is 0 Å². The van der Waals surface area contributed by atoms with Gasteiger partial charge < -0.3 is 19.3 Å². The summed E-state index contributed by atoms with van der Waals surface area (Å²) in [4.78, 5) is 11.2. The van der Waals surface area contributed by atoms with Gasteiger partial charge in [-0.1, -0.05) is 12.2 Å². The predicted molar refractivity (Wildman–Crippen MR) is 83.9 cm³/mol. The van der Waals surface area contributed by atoms with E-state index in [1.54, 1.807) is 6.92 Å². The van der Waals surface area contributed by atoms with Crippen LogP contribution in [0.5, 0.6) is 0 Å². The summed E-state index contributed by atoms with van der Waals surface area (Å²) in [5.74, 6) is -0.481. The molecule has 1 rings (SSSR count). The number of sulfone groups is 1. The van der Waals surface area contributed by atoms with Crippen LogP contribution in [0, 0.1) is 0 Å². The molecule has 0 fully saturated rings. The van der Waals surface area contributed by atoms with E-state index in [-0.39, 0.29) is 5.57 Å². The maximum Gasteiger partial charge on any atom is 0.336 e. The molecule has 0 aromatic carbocycles. The lowest BCUT2D eigenvalue weighted by Gasteiger charge is -2.18. The third kappa shape index (κ3) is 5.19. The minimum atomic E-state index is -3.33. The van der Waals surface area contributed by atoms with E-state index in [1.165, 1.54) is 39.2 Å². The van der Waals surface area contributed by atoms with Gasteiger partial charge in [-0.3, -0.25) is 0 Å². The zero-order valence-electron chi connectivity index (χ0n) is 13.8. The summed E-state index contributed by atoms with van der Waals surface area (Å²) in [6.45, 7) is 4.65. The van der Waals surface area contributed by atoms with Crippen molar-refractivity contribution in [2.75, 3.05) is 13.4 Å². The third-order valence-electron chi connectivity index (χ3n) is 3.41. The maximum atomic E-state index is 11.7. The molecule has 0 bridgehead atoms. The van der Waals surface area contributed by atoms with Crippen molar-refractivity contribution in [2.45, 2.75) is 38.1 Å². The standard InChI is InChI=1S/C15H22O7S/c1-10-8-12(22-13(10)16)21-9-11(14(17)20-4)6-7-15(2,3)23(5,18)19/h6-9,12,14,17H,1-5H3/b7-6+,11-9+. The fourth-order valence-electron chi connectivity index (χ4n) is 1.45. The van der Waals surface area contributed by atoms with Crippen molar-refractivity contribution < 1.29 is 32.5 Å². The lowest BCUT2D eigenvalue weighted by molar-refractivity contribution is -0.152. The average molecular weight is 346 g/mol. The van der Waals surface area contributed by atoms with Gasteiger partial charge in [0.25, 0.3) is 6.29 Å². The monoisotopic (exact) mass is 346 g/mol. The summed E-state index contributed by atoms with van der Waals surface area (Å²) >= 11 is 0. The summed E-state index contributed by atoms with van der Waals surface area (Å²) in [6.07, 6.45) is 4.37. The van der Waals surface area contributed by atoms with Crippen LogP contribution in [0.3, 0.4) is 0 Å². The number of ether oxygens (including phenoxy) is 3. The average Bonchev–Trinajstić information content (AvgIpc) is 2.75. The molecule has 0 radical (unpaired) electrons. The molecule has 0 aromatic rings. The van der Waals surface area contributed by atoms with Gasteiger partial charge in [-0.2, -0.15) is 0 Å². The van der Waals surface area contributed by atoms with Crippen LogP contribution in [0.15, 0.2) is 35.6 Å². The number of aliphatic hydroxyl groups excluding tert-OH is 1. The maximum absolute atomic E-state index is 11.7. The first-order valence-electron chi connectivity index (χ1n) is 6.82. The zero-order chi connectivity index (χ0) is 17.8. The van der Waals surface area contributed by atoms with Crippen molar-refractivity contribution in [3.05, 3.63) is 35.6 Å². The molecule has 1 heterocycles. The van der Waals surface area contributed by atoms with Crippen molar-refractivity contribution in [1.29, 1.82) is 0 Å². The van der Waals surface area contributed by atoms with Crippen LogP contribution in [-0.4, -0.2) is 50.2 Å². The molecule has 130 valence electrons. The summed E-state index contributed by atoms with van der Waals surface area (Å²) in [6, 6.07) is 0. The zero-order valence-corrected chi connectivity index (χ0v) is 14.6. The molecule has 7 nitrogen and oxygen atoms in total. The Labute approximate surface area is 136 Å². The van der Waals surface area contributed by atoms with Crippen LogP contribution < -0.4 is 0 Å². The van der Waals surface area contributed by atoms with E-state index >= 15 is 0 Å². The van der Waals surface area contributed by atoms with E-state index in [1.807, 2.05) is 0 Å². The first kappa shape index (κ1) is 19.4. The number of hydrogen-bond acceptors (Lipinski definition) is 7. The first-order chi connectivity index (χ1) is 10.5. The van der Waals surface area contributed by atoms with E-state index in [0.717, 1.165) is 12.5 Å². The second-order valence-corrected chi connectivity index (χ2v) is 8.27. The topological polar surface area (TPSA) is 99.1 Å². The van der Waals surface area contributed by atoms with Crippen molar-refractivity contribution in [3.63, 3.8) is 0 Å². The highest BCUT2D eigenvalue weighted by atomic mass is 32.2. The molecule has 0 saturated heterocycles. The Morgan fingerprint density at radius 1 is 1.48 bits per heavy atom. The van der Waals surface area contributed by atoms with Crippen LogP contribution in [0.2, 0.25) is 0 Å². The number of esters is 1. The van der Waals surface area contributed by atoms with Gasteiger partial charge in [0.2, 0.25) is 0 Å². The Kier molecular flexibility index (Phi) is 6.15.